The lowest BCUT2D eigenvalue weighted by Gasteiger charge is -2.21. The Bertz CT molecular complexity index is 306. The molecule has 0 spiro atoms. The van der Waals surface area contributed by atoms with Crippen molar-refractivity contribution in [2.24, 2.45) is 0 Å². The summed E-state index contributed by atoms with van der Waals surface area (Å²) in [6.45, 7) is 1.21. The van der Waals surface area contributed by atoms with Crippen LogP contribution in [0.5, 0.6) is 5.75 Å². The Balaban J connectivity index is 1.85. The summed E-state index contributed by atoms with van der Waals surface area (Å²) in [4.78, 5) is 0. The van der Waals surface area contributed by atoms with E-state index in [1.165, 1.54) is 32.1 Å². The standard InChI is InChI=1S/C12H20N2O2/c1-15-7-8-16-12-9-13-14(10-12)11-5-3-2-4-6-11/h9-11H,2-8H2,1H3. The molecule has 1 aliphatic rings. The minimum atomic E-state index is 0.577. The van der Waals surface area contributed by atoms with Crippen molar-refractivity contribution in [3.05, 3.63) is 12.4 Å². The van der Waals surface area contributed by atoms with Crippen LogP contribution in [0.4, 0.5) is 0 Å². The maximum atomic E-state index is 5.51. The molecular weight excluding hydrogens is 204 g/mol. The van der Waals surface area contributed by atoms with Gasteiger partial charge in [-0.1, -0.05) is 19.3 Å². The van der Waals surface area contributed by atoms with E-state index in [1.54, 1.807) is 13.3 Å². The fourth-order valence-corrected chi connectivity index (χ4v) is 2.18. The fourth-order valence-electron chi connectivity index (χ4n) is 2.18. The van der Waals surface area contributed by atoms with Gasteiger partial charge in [-0.3, -0.25) is 4.68 Å². The lowest BCUT2D eigenvalue weighted by Crippen LogP contribution is -2.12. The minimum Gasteiger partial charge on any atom is -0.488 e. The molecule has 90 valence electrons. The molecule has 4 nitrogen and oxygen atoms in total. The monoisotopic (exact) mass is 224 g/mol. The lowest BCUT2D eigenvalue weighted by molar-refractivity contribution is 0.146. The molecule has 1 saturated carbocycles. The Labute approximate surface area is 96.5 Å². The predicted octanol–water partition coefficient (Wildman–Crippen LogP) is 2.41. The molecule has 0 radical (unpaired) electrons. The average Bonchev–Trinajstić information content (AvgIpc) is 2.79. The van der Waals surface area contributed by atoms with Gasteiger partial charge in [0.15, 0.2) is 5.75 Å². The van der Waals surface area contributed by atoms with Gasteiger partial charge in [-0.15, -0.1) is 0 Å². The van der Waals surface area contributed by atoms with Crippen molar-refractivity contribution in [3.63, 3.8) is 0 Å². The first-order chi connectivity index (χ1) is 7.90. The number of methoxy groups -OCH3 is 1. The molecule has 0 atom stereocenters. The molecule has 0 N–H and O–H groups in total. The molecule has 0 unspecified atom stereocenters. The summed E-state index contributed by atoms with van der Waals surface area (Å²) >= 11 is 0. The van der Waals surface area contributed by atoms with Crippen LogP contribution in [0, 0.1) is 0 Å². The molecule has 16 heavy (non-hydrogen) atoms. The smallest absolute Gasteiger partial charge is 0.157 e. The Hall–Kier alpha value is -1.03. The molecule has 0 saturated heterocycles. The van der Waals surface area contributed by atoms with Crippen LogP contribution < -0.4 is 4.74 Å². The topological polar surface area (TPSA) is 36.3 Å². The largest absolute Gasteiger partial charge is 0.488 e. The average molecular weight is 224 g/mol. The molecule has 2 rings (SSSR count). The summed E-state index contributed by atoms with van der Waals surface area (Å²) in [7, 11) is 1.68. The van der Waals surface area contributed by atoms with Gasteiger partial charge in [-0.05, 0) is 12.8 Å². The number of aromatic nitrogens is 2. The van der Waals surface area contributed by atoms with Gasteiger partial charge in [0.2, 0.25) is 0 Å². The van der Waals surface area contributed by atoms with E-state index in [4.69, 9.17) is 9.47 Å². The Morgan fingerprint density at radius 2 is 2.12 bits per heavy atom. The molecule has 0 aliphatic heterocycles. The highest BCUT2D eigenvalue weighted by Gasteiger charge is 2.16. The molecule has 1 fully saturated rings. The van der Waals surface area contributed by atoms with Gasteiger partial charge in [-0.25, -0.2) is 0 Å². The quantitative estimate of drug-likeness (QED) is 0.721. The second-order valence-electron chi connectivity index (χ2n) is 4.29. The first kappa shape index (κ1) is 11.5. The van der Waals surface area contributed by atoms with Gasteiger partial charge in [0.05, 0.1) is 25.0 Å². The molecule has 0 aromatic carbocycles. The SMILES string of the molecule is COCCOc1cnn(C2CCCCC2)c1. The maximum absolute atomic E-state index is 5.51. The van der Waals surface area contributed by atoms with E-state index >= 15 is 0 Å². The zero-order valence-corrected chi connectivity index (χ0v) is 9.89. The van der Waals surface area contributed by atoms with Gasteiger partial charge >= 0.3 is 0 Å². The highest BCUT2D eigenvalue weighted by molar-refractivity contribution is 5.12. The Kier molecular flexibility index (Phi) is 4.22. The van der Waals surface area contributed by atoms with Crippen molar-refractivity contribution in [3.8, 4) is 5.75 Å². The molecule has 1 aliphatic carbocycles. The van der Waals surface area contributed by atoms with Crippen LogP contribution in [0.1, 0.15) is 38.1 Å². The van der Waals surface area contributed by atoms with Gasteiger partial charge in [0, 0.05) is 7.11 Å². The van der Waals surface area contributed by atoms with Crippen molar-refractivity contribution in [2.45, 2.75) is 38.1 Å². The van der Waals surface area contributed by atoms with Crippen molar-refractivity contribution < 1.29 is 9.47 Å². The number of hydrogen-bond donors (Lipinski definition) is 0. The van der Waals surface area contributed by atoms with E-state index in [2.05, 4.69) is 9.78 Å². The zero-order chi connectivity index (χ0) is 11.2. The first-order valence-electron chi connectivity index (χ1n) is 6.06. The fraction of sp³-hybridized carbons (Fsp3) is 0.750. The van der Waals surface area contributed by atoms with Crippen molar-refractivity contribution >= 4 is 0 Å². The highest BCUT2D eigenvalue weighted by atomic mass is 16.5. The van der Waals surface area contributed by atoms with Crippen molar-refractivity contribution in [1.82, 2.24) is 9.78 Å². The van der Waals surface area contributed by atoms with E-state index in [0.717, 1.165) is 5.75 Å². The molecule has 1 aromatic heterocycles. The molecule has 0 bridgehead atoms. The summed E-state index contributed by atoms with van der Waals surface area (Å²) in [5.74, 6) is 0.850. The van der Waals surface area contributed by atoms with Gasteiger partial charge in [0.1, 0.15) is 6.61 Å². The lowest BCUT2D eigenvalue weighted by atomic mass is 9.96. The van der Waals surface area contributed by atoms with Crippen LogP contribution in [0.3, 0.4) is 0 Å². The second kappa shape index (κ2) is 5.89. The van der Waals surface area contributed by atoms with E-state index in [1.807, 2.05) is 6.20 Å². The predicted molar refractivity (Wildman–Crippen MR) is 61.7 cm³/mol. The van der Waals surface area contributed by atoms with Crippen LogP contribution in [-0.4, -0.2) is 30.1 Å². The van der Waals surface area contributed by atoms with E-state index in [-0.39, 0.29) is 0 Å². The molecule has 1 aromatic rings. The Morgan fingerprint density at radius 3 is 2.88 bits per heavy atom. The summed E-state index contributed by atoms with van der Waals surface area (Å²) in [6.07, 6.45) is 10.3. The van der Waals surface area contributed by atoms with Gasteiger partial charge in [-0.2, -0.15) is 5.10 Å². The Morgan fingerprint density at radius 1 is 1.31 bits per heavy atom. The number of ether oxygens (including phenoxy) is 2. The number of rotatable bonds is 5. The number of hydrogen-bond acceptors (Lipinski definition) is 3. The summed E-state index contributed by atoms with van der Waals surface area (Å²) < 4.78 is 12.5. The third-order valence-corrected chi connectivity index (χ3v) is 3.08. The third-order valence-electron chi connectivity index (χ3n) is 3.08. The highest BCUT2D eigenvalue weighted by Crippen LogP contribution is 2.28. The van der Waals surface area contributed by atoms with Crippen LogP contribution in [0.2, 0.25) is 0 Å². The summed E-state index contributed by atoms with van der Waals surface area (Å²) in [5.41, 5.74) is 0. The molecular formula is C12H20N2O2. The first-order valence-corrected chi connectivity index (χ1v) is 6.06. The van der Waals surface area contributed by atoms with Gasteiger partial charge in [0.25, 0.3) is 0 Å². The van der Waals surface area contributed by atoms with Crippen molar-refractivity contribution in [2.75, 3.05) is 20.3 Å². The van der Waals surface area contributed by atoms with E-state index in [9.17, 15) is 0 Å². The van der Waals surface area contributed by atoms with Gasteiger partial charge < -0.3 is 9.47 Å². The molecule has 4 heteroatoms. The summed E-state index contributed by atoms with van der Waals surface area (Å²) in [5, 5.41) is 4.37. The zero-order valence-electron chi connectivity index (χ0n) is 9.89. The molecule has 0 amide bonds. The van der Waals surface area contributed by atoms with Crippen LogP contribution in [0.25, 0.3) is 0 Å². The minimum absolute atomic E-state index is 0.577. The molecule has 1 heterocycles. The third kappa shape index (κ3) is 2.98. The van der Waals surface area contributed by atoms with Crippen LogP contribution in [-0.2, 0) is 4.74 Å². The van der Waals surface area contributed by atoms with Crippen LogP contribution in [0.15, 0.2) is 12.4 Å². The van der Waals surface area contributed by atoms with E-state index in [0.29, 0.717) is 19.3 Å². The normalized spacial score (nSPS) is 17.6. The van der Waals surface area contributed by atoms with E-state index < -0.39 is 0 Å². The van der Waals surface area contributed by atoms with Crippen molar-refractivity contribution in [1.29, 1.82) is 0 Å². The second-order valence-corrected chi connectivity index (χ2v) is 4.29. The number of nitrogens with zero attached hydrogens (tertiary/aromatic N) is 2. The van der Waals surface area contributed by atoms with Crippen LogP contribution >= 0.6 is 0 Å². The summed E-state index contributed by atoms with van der Waals surface area (Å²) in [6, 6.07) is 0.577. The maximum Gasteiger partial charge on any atom is 0.157 e.